The number of thiazole rings is 1. The Kier molecular flexibility index (Phi) is 4.49. The Labute approximate surface area is 161 Å². The van der Waals surface area contributed by atoms with E-state index in [0.717, 1.165) is 21.9 Å². The fourth-order valence-electron chi connectivity index (χ4n) is 3.47. The largest absolute Gasteiger partial charge is 0.306 e. The van der Waals surface area contributed by atoms with Crippen LogP contribution in [-0.2, 0) is 4.79 Å². The van der Waals surface area contributed by atoms with Gasteiger partial charge in [-0.05, 0) is 19.1 Å². The van der Waals surface area contributed by atoms with E-state index in [4.69, 9.17) is 0 Å². The molecule has 4 rings (SSSR count). The highest BCUT2D eigenvalue weighted by molar-refractivity contribution is 7.17. The molecule has 27 heavy (non-hydrogen) atoms. The number of hydrogen-bond donors (Lipinski definition) is 0. The smallest absolute Gasteiger partial charge is 0.270 e. The maximum atomic E-state index is 13.2. The van der Waals surface area contributed by atoms with Gasteiger partial charge in [-0.2, -0.15) is 0 Å². The Bertz CT molecular complexity index is 999. The summed E-state index contributed by atoms with van der Waals surface area (Å²) >= 11 is 1.39. The maximum Gasteiger partial charge on any atom is 0.270 e. The van der Waals surface area contributed by atoms with Crippen LogP contribution in [0.25, 0.3) is 10.6 Å². The zero-order valence-electron chi connectivity index (χ0n) is 15.1. The van der Waals surface area contributed by atoms with Crippen molar-refractivity contribution in [1.29, 1.82) is 0 Å². The van der Waals surface area contributed by atoms with Crippen molar-refractivity contribution in [2.75, 3.05) is 16.3 Å². The molecular formula is C21H19N3O2S. The van der Waals surface area contributed by atoms with Gasteiger partial charge < -0.3 is 9.80 Å². The first-order valence-corrected chi connectivity index (χ1v) is 9.60. The molecule has 0 saturated heterocycles. The third-order valence-corrected chi connectivity index (χ3v) is 5.68. The van der Waals surface area contributed by atoms with Crippen molar-refractivity contribution in [3.8, 4) is 10.6 Å². The van der Waals surface area contributed by atoms with Gasteiger partial charge in [0.15, 0.2) is 0 Å². The predicted molar refractivity (Wildman–Crippen MR) is 108 cm³/mol. The van der Waals surface area contributed by atoms with Gasteiger partial charge in [0.05, 0.1) is 23.6 Å². The second-order valence-electron chi connectivity index (χ2n) is 6.54. The number of carbonyl (C=O) groups excluding carboxylic acids is 2. The lowest BCUT2D eigenvalue weighted by Crippen LogP contribution is -2.51. The van der Waals surface area contributed by atoms with Crippen LogP contribution in [0.4, 0.5) is 11.4 Å². The van der Waals surface area contributed by atoms with E-state index >= 15 is 0 Å². The summed E-state index contributed by atoms with van der Waals surface area (Å²) in [5.74, 6) is -0.108. The SMILES string of the molecule is CC(=O)N1c2ccccc2N(C(=O)c2cnc(-c3ccccc3)s2)C[C@@H]1C. The van der Waals surface area contributed by atoms with Crippen LogP contribution >= 0.6 is 11.3 Å². The summed E-state index contributed by atoms with van der Waals surface area (Å²) in [4.78, 5) is 33.8. The van der Waals surface area contributed by atoms with Gasteiger partial charge in [-0.3, -0.25) is 9.59 Å². The summed E-state index contributed by atoms with van der Waals surface area (Å²) in [7, 11) is 0. The van der Waals surface area contributed by atoms with Crippen molar-refractivity contribution in [3.63, 3.8) is 0 Å². The first kappa shape index (κ1) is 17.4. The van der Waals surface area contributed by atoms with Gasteiger partial charge in [-0.1, -0.05) is 42.5 Å². The van der Waals surface area contributed by atoms with Gasteiger partial charge >= 0.3 is 0 Å². The molecule has 5 nitrogen and oxygen atoms in total. The van der Waals surface area contributed by atoms with E-state index < -0.39 is 0 Å². The third kappa shape index (κ3) is 3.13. The van der Waals surface area contributed by atoms with Crippen molar-refractivity contribution in [2.45, 2.75) is 19.9 Å². The maximum absolute atomic E-state index is 13.2. The van der Waals surface area contributed by atoms with Gasteiger partial charge in [0.1, 0.15) is 9.88 Å². The average molecular weight is 377 g/mol. The number of carbonyl (C=O) groups is 2. The summed E-state index contributed by atoms with van der Waals surface area (Å²) in [6.45, 7) is 3.97. The van der Waals surface area contributed by atoms with Crippen LogP contribution in [0.3, 0.4) is 0 Å². The number of hydrogen-bond acceptors (Lipinski definition) is 4. The minimum absolute atomic E-state index is 0.0220. The molecular weight excluding hydrogens is 358 g/mol. The Morgan fingerprint density at radius 1 is 1.04 bits per heavy atom. The molecule has 6 heteroatoms. The zero-order valence-corrected chi connectivity index (χ0v) is 15.9. The number of fused-ring (bicyclic) bond motifs is 1. The van der Waals surface area contributed by atoms with Crippen LogP contribution in [0.1, 0.15) is 23.5 Å². The molecule has 0 saturated carbocycles. The van der Waals surface area contributed by atoms with E-state index in [1.54, 1.807) is 22.9 Å². The van der Waals surface area contributed by atoms with Crippen molar-refractivity contribution in [1.82, 2.24) is 4.98 Å². The molecule has 0 radical (unpaired) electrons. The molecule has 1 aliphatic rings. The van der Waals surface area contributed by atoms with Crippen LogP contribution in [0.15, 0.2) is 60.8 Å². The van der Waals surface area contributed by atoms with Crippen LogP contribution in [0.5, 0.6) is 0 Å². The van der Waals surface area contributed by atoms with Crippen molar-refractivity contribution < 1.29 is 9.59 Å². The van der Waals surface area contributed by atoms with Crippen molar-refractivity contribution >= 4 is 34.5 Å². The number of rotatable bonds is 2. The van der Waals surface area contributed by atoms with Crippen LogP contribution in [0.2, 0.25) is 0 Å². The topological polar surface area (TPSA) is 53.5 Å². The van der Waals surface area contributed by atoms with Gasteiger partial charge in [0.25, 0.3) is 5.91 Å². The summed E-state index contributed by atoms with van der Waals surface area (Å²) in [5.41, 5.74) is 2.52. The monoisotopic (exact) mass is 377 g/mol. The zero-order chi connectivity index (χ0) is 19.0. The Balaban J connectivity index is 1.69. The number of anilines is 2. The molecule has 0 bridgehead atoms. The van der Waals surface area contributed by atoms with Gasteiger partial charge in [0.2, 0.25) is 5.91 Å². The van der Waals surface area contributed by atoms with E-state index in [1.165, 1.54) is 11.3 Å². The van der Waals surface area contributed by atoms with Crippen molar-refractivity contribution in [3.05, 3.63) is 65.7 Å². The average Bonchev–Trinajstić information content (AvgIpc) is 3.17. The molecule has 0 spiro atoms. The fourth-order valence-corrected chi connectivity index (χ4v) is 4.34. The van der Waals surface area contributed by atoms with Crippen molar-refractivity contribution in [2.24, 2.45) is 0 Å². The molecule has 0 aliphatic carbocycles. The van der Waals surface area contributed by atoms with E-state index in [-0.39, 0.29) is 17.9 Å². The van der Waals surface area contributed by atoms with Crippen LogP contribution in [-0.4, -0.2) is 29.4 Å². The van der Waals surface area contributed by atoms with Crippen LogP contribution < -0.4 is 9.80 Å². The van der Waals surface area contributed by atoms with Crippen LogP contribution in [0, 0.1) is 0 Å². The summed E-state index contributed by atoms with van der Waals surface area (Å²) in [5, 5.41) is 0.822. The quantitative estimate of drug-likeness (QED) is 0.672. The highest BCUT2D eigenvalue weighted by Gasteiger charge is 2.34. The fraction of sp³-hybridized carbons (Fsp3) is 0.190. The first-order chi connectivity index (χ1) is 13.1. The molecule has 3 aromatic rings. The molecule has 0 N–H and O–H groups in total. The second kappa shape index (κ2) is 6.96. The van der Waals surface area contributed by atoms with E-state index in [0.29, 0.717) is 11.4 Å². The summed E-state index contributed by atoms with van der Waals surface area (Å²) < 4.78 is 0. The second-order valence-corrected chi connectivity index (χ2v) is 7.57. The molecule has 0 fully saturated rings. The Hall–Kier alpha value is -2.99. The number of nitrogens with zero attached hydrogens (tertiary/aromatic N) is 3. The molecule has 2 amide bonds. The Morgan fingerprint density at radius 3 is 2.41 bits per heavy atom. The minimum Gasteiger partial charge on any atom is -0.306 e. The molecule has 0 unspecified atom stereocenters. The summed E-state index contributed by atoms with van der Waals surface area (Å²) in [6, 6.07) is 17.3. The van der Waals surface area contributed by atoms with Gasteiger partial charge in [-0.15, -0.1) is 11.3 Å². The molecule has 136 valence electrons. The lowest BCUT2D eigenvalue weighted by molar-refractivity contribution is -0.117. The molecule has 1 atom stereocenters. The predicted octanol–water partition coefficient (Wildman–Crippen LogP) is 4.21. The highest BCUT2D eigenvalue weighted by Crippen LogP contribution is 2.37. The Morgan fingerprint density at radius 2 is 1.70 bits per heavy atom. The lowest BCUT2D eigenvalue weighted by Gasteiger charge is -2.40. The molecule has 1 aliphatic heterocycles. The molecule has 2 heterocycles. The number of benzene rings is 2. The molecule has 2 aromatic carbocycles. The first-order valence-electron chi connectivity index (χ1n) is 8.78. The van der Waals surface area contributed by atoms with E-state index in [1.807, 2.05) is 61.5 Å². The van der Waals surface area contributed by atoms with Gasteiger partial charge in [0, 0.05) is 19.0 Å². The molecule has 1 aromatic heterocycles. The minimum atomic E-state index is -0.0946. The normalized spacial score (nSPS) is 16.1. The lowest BCUT2D eigenvalue weighted by atomic mass is 10.1. The summed E-state index contributed by atoms with van der Waals surface area (Å²) in [6.07, 6.45) is 1.64. The number of para-hydroxylation sites is 2. The highest BCUT2D eigenvalue weighted by atomic mass is 32.1. The van der Waals surface area contributed by atoms with E-state index in [2.05, 4.69) is 4.98 Å². The number of amides is 2. The third-order valence-electron chi connectivity index (χ3n) is 4.64. The number of aromatic nitrogens is 1. The van der Waals surface area contributed by atoms with E-state index in [9.17, 15) is 9.59 Å². The standard InChI is InChI=1S/C21H19N3O2S/c1-14-13-23(17-10-6-7-11-18(17)24(14)15(2)25)21(26)19-12-22-20(27-19)16-8-4-3-5-9-16/h3-12,14H,13H2,1-2H3/t14-/m0/s1. The van der Waals surface area contributed by atoms with Gasteiger partial charge in [-0.25, -0.2) is 4.98 Å².